The molecular weight excluding hydrogens is 478 g/mol. The van der Waals surface area contributed by atoms with Crippen LogP contribution in [0.1, 0.15) is 18.1 Å². The van der Waals surface area contributed by atoms with Gasteiger partial charge in [-0.05, 0) is 61.7 Å². The van der Waals surface area contributed by atoms with Crippen LogP contribution < -0.4 is 9.80 Å². The van der Waals surface area contributed by atoms with Gasteiger partial charge in [-0.2, -0.15) is 0 Å². The summed E-state index contributed by atoms with van der Waals surface area (Å²) in [6, 6.07) is 25.8. The smallest absolute Gasteiger partial charge is 0.150 e. The van der Waals surface area contributed by atoms with Crippen LogP contribution in [-0.4, -0.2) is 40.2 Å². The minimum absolute atomic E-state index is 0.346. The second-order valence-corrected chi connectivity index (χ2v) is 10.3. The van der Waals surface area contributed by atoms with Crippen LogP contribution in [-0.2, 0) is 0 Å². The summed E-state index contributed by atoms with van der Waals surface area (Å²) < 4.78 is 2.14. The Morgan fingerprint density at radius 1 is 0.865 bits per heavy atom. The molecule has 5 aromatic rings. The number of aromatic nitrogens is 3. The normalized spacial score (nSPS) is 15.9. The fourth-order valence-electron chi connectivity index (χ4n) is 5.39. The van der Waals surface area contributed by atoms with E-state index in [1.807, 2.05) is 19.1 Å². The standard InChI is InChI=1S/C31H30ClN5/c1-21-8-7-11-25(16-21)36-15-14-35(18-23(36)3)30-29-27(24-9-5-4-6-10-24)19-37(31(29)34-20-33-30)26-13-12-22(2)28(32)17-26/h4-13,16-17,19-20,23H,14-15,18H2,1-3H3/t23-/m0/s1. The van der Waals surface area contributed by atoms with Crippen LogP contribution >= 0.6 is 11.6 Å². The van der Waals surface area contributed by atoms with Gasteiger partial charge in [-0.25, -0.2) is 9.97 Å². The van der Waals surface area contributed by atoms with E-state index in [2.05, 4.69) is 95.1 Å². The van der Waals surface area contributed by atoms with E-state index in [9.17, 15) is 0 Å². The molecule has 1 saturated heterocycles. The maximum Gasteiger partial charge on any atom is 0.150 e. The zero-order valence-corrected chi connectivity index (χ0v) is 22.2. The fourth-order valence-corrected chi connectivity index (χ4v) is 5.57. The summed E-state index contributed by atoms with van der Waals surface area (Å²) in [7, 11) is 0. The van der Waals surface area contributed by atoms with Gasteiger partial charge in [-0.15, -0.1) is 0 Å². The maximum atomic E-state index is 6.52. The Hall–Kier alpha value is -3.83. The molecule has 0 unspecified atom stereocenters. The van der Waals surface area contributed by atoms with Crippen molar-refractivity contribution in [2.75, 3.05) is 29.4 Å². The minimum Gasteiger partial charge on any atom is -0.365 e. The third-order valence-electron chi connectivity index (χ3n) is 7.34. The molecule has 2 aromatic heterocycles. The molecule has 1 aliphatic heterocycles. The number of fused-ring (bicyclic) bond motifs is 1. The molecule has 37 heavy (non-hydrogen) atoms. The van der Waals surface area contributed by atoms with Crippen LogP contribution in [0.2, 0.25) is 5.02 Å². The van der Waals surface area contributed by atoms with E-state index in [0.717, 1.165) is 63.9 Å². The molecule has 1 aliphatic rings. The second kappa shape index (κ2) is 9.56. The summed E-state index contributed by atoms with van der Waals surface area (Å²) in [5.74, 6) is 0.983. The highest BCUT2D eigenvalue weighted by Gasteiger charge is 2.28. The molecule has 6 rings (SSSR count). The first-order valence-corrected chi connectivity index (χ1v) is 13.1. The number of hydrogen-bond donors (Lipinski definition) is 0. The van der Waals surface area contributed by atoms with E-state index in [-0.39, 0.29) is 0 Å². The van der Waals surface area contributed by atoms with Gasteiger partial charge in [0.25, 0.3) is 0 Å². The SMILES string of the molecule is Cc1cccc(N2CCN(c3ncnc4c3c(-c3ccccc3)cn4-c3ccc(C)c(Cl)c3)C[C@@H]2C)c1. The average molecular weight is 508 g/mol. The van der Waals surface area contributed by atoms with Crippen molar-refractivity contribution < 1.29 is 0 Å². The Balaban J connectivity index is 1.45. The number of benzene rings is 3. The number of rotatable bonds is 4. The first-order chi connectivity index (χ1) is 18.0. The van der Waals surface area contributed by atoms with E-state index in [1.54, 1.807) is 6.33 Å². The number of halogens is 1. The molecule has 0 N–H and O–H groups in total. The molecule has 6 heteroatoms. The van der Waals surface area contributed by atoms with Crippen molar-refractivity contribution in [1.29, 1.82) is 0 Å². The molecule has 0 spiro atoms. The molecule has 1 atom stereocenters. The minimum atomic E-state index is 0.346. The Kier molecular flexibility index (Phi) is 6.09. The first kappa shape index (κ1) is 23.6. The third-order valence-corrected chi connectivity index (χ3v) is 7.75. The van der Waals surface area contributed by atoms with Gasteiger partial charge in [0.05, 0.1) is 5.39 Å². The Bertz CT molecular complexity index is 1580. The van der Waals surface area contributed by atoms with Gasteiger partial charge in [0.1, 0.15) is 12.1 Å². The lowest BCUT2D eigenvalue weighted by Gasteiger charge is -2.42. The van der Waals surface area contributed by atoms with Gasteiger partial charge in [0.2, 0.25) is 0 Å². The summed E-state index contributed by atoms with van der Waals surface area (Å²) in [5, 5.41) is 1.82. The zero-order chi connectivity index (χ0) is 25.5. The van der Waals surface area contributed by atoms with Gasteiger partial charge in [-0.1, -0.05) is 60.1 Å². The zero-order valence-electron chi connectivity index (χ0n) is 21.4. The quantitative estimate of drug-likeness (QED) is 0.260. The monoisotopic (exact) mass is 507 g/mol. The summed E-state index contributed by atoms with van der Waals surface area (Å²) in [4.78, 5) is 14.5. The Labute approximate surface area is 223 Å². The molecule has 3 heterocycles. The van der Waals surface area contributed by atoms with Crippen LogP contribution in [0.15, 0.2) is 85.3 Å². The molecule has 186 valence electrons. The Morgan fingerprint density at radius 3 is 2.46 bits per heavy atom. The lowest BCUT2D eigenvalue weighted by Crippen LogP contribution is -2.52. The lowest BCUT2D eigenvalue weighted by molar-refractivity contribution is 0.548. The van der Waals surface area contributed by atoms with E-state index in [1.165, 1.54) is 11.3 Å². The van der Waals surface area contributed by atoms with Crippen molar-refractivity contribution in [3.63, 3.8) is 0 Å². The first-order valence-electron chi connectivity index (χ1n) is 12.8. The van der Waals surface area contributed by atoms with Crippen molar-refractivity contribution >= 4 is 34.1 Å². The molecule has 0 bridgehead atoms. The van der Waals surface area contributed by atoms with Crippen LogP contribution in [0.5, 0.6) is 0 Å². The predicted molar refractivity (Wildman–Crippen MR) is 154 cm³/mol. The van der Waals surface area contributed by atoms with Crippen LogP contribution in [0, 0.1) is 13.8 Å². The summed E-state index contributed by atoms with van der Waals surface area (Å²) in [6.45, 7) is 9.18. The number of piperazine rings is 1. The number of aryl methyl sites for hydroxylation is 2. The van der Waals surface area contributed by atoms with Crippen LogP contribution in [0.25, 0.3) is 27.8 Å². The molecule has 0 amide bonds. The molecular formula is C31H30ClN5. The van der Waals surface area contributed by atoms with Gasteiger partial charge >= 0.3 is 0 Å². The van der Waals surface area contributed by atoms with Gasteiger partial charge in [0.15, 0.2) is 5.65 Å². The van der Waals surface area contributed by atoms with Crippen molar-refractivity contribution in [1.82, 2.24) is 14.5 Å². The summed E-state index contributed by atoms with van der Waals surface area (Å²) >= 11 is 6.52. The van der Waals surface area contributed by atoms with Crippen molar-refractivity contribution in [2.24, 2.45) is 0 Å². The summed E-state index contributed by atoms with van der Waals surface area (Å²) in [6.07, 6.45) is 3.86. The number of anilines is 2. The van der Waals surface area contributed by atoms with Gasteiger partial charge in [-0.3, -0.25) is 0 Å². The molecule has 0 aliphatic carbocycles. The van der Waals surface area contributed by atoms with Crippen molar-refractivity contribution in [3.05, 3.63) is 101 Å². The lowest BCUT2D eigenvalue weighted by atomic mass is 10.1. The molecule has 0 radical (unpaired) electrons. The highest BCUT2D eigenvalue weighted by Crippen LogP contribution is 2.38. The Morgan fingerprint density at radius 2 is 1.70 bits per heavy atom. The van der Waals surface area contributed by atoms with Crippen LogP contribution in [0.4, 0.5) is 11.5 Å². The molecule has 0 saturated carbocycles. The summed E-state index contributed by atoms with van der Waals surface area (Å²) in [5.41, 5.74) is 7.77. The van der Waals surface area contributed by atoms with Gasteiger partial charge < -0.3 is 14.4 Å². The average Bonchev–Trinajstić information content (AvgIpc) is 3.31. The van der Waals surface area contributed by atoms with E-state index >= 15 is 0 Å². The van der Waals surface area contributed by atoms with E-state index < -0.39 is 0 Å². The predicted octanol–water partition coefficient (Wildman–Crippen LogP) is 7.07. The highest BCUT2D eigenvalue weighted by atomic mass is 35.5. The molecule has 1 fully saturated rings. The van der Waals surface area contributed by atoms with Crippen molar-refractivity contribution in [3.8, 4) is 16.8 Å². The molecule has 5 nitrogen and oxygen atoms in total. The second-order valence-electron chi connectivity index (χ2n) is 9.94. The van der Waals surface area contributed by atoms with E-state index in [0.29, 0.717) is 6.04 Å². The largest absolute Gasteiger partial charge is 0.365 e. The van der Waals surface area contributed by atoms with E-state index in [4.69, 9.17) is 21.6 Å². The fraction of sp³-hybridized carbons (Fsp3) is 0.226. The molecule has 3 aromatic carbocycles. The highest BCUT2D eigenvalue weighted by molar-refractivity contribution is 6.31. The number of nitrogens with zero attached hydrogens (tertiary/aromatic N) is 5. The number of hydrogen-bond acceptors (Lipinski definition) is 4. The topological polar surface area (TPSA) is 37.2 Å². The van der Waals surface area contributed by atoms with Crippen molar-refractivity contribution in [2.45, 2.75) is 26.8 Å². The van der Waals surface area contributed by atoms with Crippen LogP contribution in [0.3, 0.4) is 0 Å². The van der Waals surface area contributed by atoms with Gasteiger partial charge in [0, 0.05) is 53.8 Å². The maximum absolute atomic E-state index is 6.52. The third kappa shape index (κ3) is 4.34.